The van der Waals surface area contributed by atoms with Gasteiger partial charge in [-0.15, -0.1) is 0 Å². The molecule has 14 heavy (non-hydrogen) atoms. The summed E-state index contributed by atoms with van der Waals surface area (Å²) in [6.45, 7) is 5.13. The summed E-state index contributed by atoms with van der Waals surface area (Å²) in [6.07, 6.45) is 0. The van der Waals surface area contributed by atoms with Crippen LogP contribution in [0.15, 0.2) is 6.07 Å². The lowest BCUT2D eigenvalue weighted by Crippen LogP contribution is -1.89. The van der Waals surface area contributed by atoms with Crippen molar-refractivity contribution in [3.8, 4) is 0 Å². The molecule has 0 saturated carbocycles. The molecule has 1 aromatic carbocycles. The van der Waals surface area contributed by atoms with Gasteiger partial charge in [0.25, 0.3) is 0 Å². The predicted octanol–water partition coefficient (Wildman–Crippen LogP) is 3.37. The number of aryl methyl sites for hydroxylation is 2. The molecule has 0 aliphatic carbocycles. The Morgan fingerprint density at radius 1 is 1.07 bits per heavy atom. The van der Waals surface area contributed by atoms with Crippen LogP contribution in [0.4, 0.5) is 8.78 Å². The lowest BCUT2D eigenvalue weighted by atomic mass is 10.1. The van der Waals surface area contributed by atoms with Gasteiger partial charge in [0.05, 0.1) is 5.52 Å². The number of fused-ring (bicyclic) bond motifs is 1. The van der Waals surface area contributed by atoms with E-state index < -0.39 is 11.6 Å². The highest BCUT2D eigenvalue weighted by atomic mass is 19.1. The number of halogens is 2. The first-order valence-corrected chi connectivity index (χ1v) is 4.46. The van der Waals surface area contributed by atoms with Gasteiger partial charge >= 0.3 is 0 Å². The molecule has 0 aliphatic rings. The third kappa shape index (κ3) is 1.05. The molecule has 1 aromatic heterocycles. The van der Waals surface area contributed by atoms with Crippen LogP contribution in [0.5, 0.6) is 0 Å². The van der Waals surface area contributed by atoms with Gasteiger partial charge in [0.15, 0.2) is 0 Å². The van der Waals surface area contributed by atoms with E-state index in [1.807, 2.05) is 13.8 Å². The van der Waals surface area contributed by atoms with Gasteiger partial charge in [0.1, 0.15) is 11.6 Å². The number of H-pyrrole nitrogens is 1. The predicted molar refractivity (Wildman–Crippen MR) is 52.4 cm³/mol. The zero-order valence-corrected chi connectivity index (χ0v) is 8.33. The summed E-state index contributed by atoms with van der Waals surface area (Å²) in [5.74, 6) is -0.960. The summed E-state index contributed by atoms with van der Waals surface area (Å²) in [5, 5.41) is 0.501. The molecular formula is C11H11F2N. The van der Waals surface area contributed by atoms with Gasteiger partial charge in [-0.25, -0.2) is 8.78 Å². The van der Waals surface area contributed by atoms with Crippen LogP contribution in [0, 0.1) is 32.4 Å². The zero-order valence-electron chi connectivity index (χ0n) is 8.33. The Morgan fingerprint density at radius 2 is 1.71 bits per heavy atom. The molecule has 0 aliphatic heterocycles. The van der Waals surface area contributed by atoms with Gasteiger partial charge in [-0.05, 0) is 32.4 Å². The fraction of sp³-hybridized carbons (Fsp3) is 0.273. The molecule has 0 fully saturated rings. The van der Waals surface area contributed by atoms with Crippen LogP contribution in [0.25, 0.3) is 10.9 Å². The summed E-state index contributed by atoms with van der Waals surface area (Å²) in [7, 11) is 0. The van der Waals surface area contributed by atoms with Crippen LogP contribution in [-0.4, -0.2) is 4.98 Å². The highest BCUT2D eigenvalue weighted by Crippen LogP contribution is 2.27. The van der Waals surface area contributed by atoms with Crippen LogP contribution in [0.3, 0.4) is 0 Å². The normalized spacial score (nSPS) is 11.2. The van der Waals surface area contributed by atoms with Crippen LogP contribution >= 0.6 is 0 Å². The first-order valence-electron chi connectivity index (χ1n) is 4.46. The molecule has 0 saturated heterocycles. The highest BCUT2D eigenvalue weighted by molar-refractivity contribution is 5.85. The molecular weight excluding hydrogens is 184 g/mol. The maximum atomic E-state index is 13.7. The molecule has 74 valence electrons. The maximum absolute atomic E-state index is 13.7. The van der Waals surface area contributed by atoms with Crippen molar-refractivity contribution >= 4 is 10.9 Å². The third-order valence-electron chi connectivity index (χ3n) is 2.71. The quantitative estimate of drug-likeness (QED) is 0.663. The Morgan fingerprint density at radius 3 is 2.36 bits per heavy atom. The average Bonchev–Trinajstić information content (AvgIpc) is 2.39. The van der Waals surface area contributed by atoms with E-state index in [0.717, 1.165) is 11.3 Å². The van der Waals surface area contributed by atoms with Crippen molar-refractivity contribution in [2.75, 3.05) is 0 Å². The van der Waals surface area contributed by atoms with Gasteiger partial charge < -0.3 is 4.98 Å². The van der Waals surface area contributed by atoms with Crippen LogP contribution in [-0.2, 0) is 0 Å². The number of aromatic amines is 1. The van der Waals surface area contributed by atoms with Gasteiger partial charge in [-0.3, -0.25) is 0 Å². The Kier molecular flexibility index (Phi) is 1.84. The molecule has 0 spiro atoms. The maximum Gasteiger partial charge on any atom is 0.138 e. The van der Waals surface area contributed by atoms with Crippen LogP contribution in [0.2, 0.25) is 0 Å². The molecule has 0 amide bonds. The molecule has 0 bridgehead atoms. The van der Waals surface area contributed by atoms with Crippen molar-refractivity contribution in [1.82, 2.24) is 4.98 Å². The van der Waals surface area contributed by atoms with Gasteiger partial charge in [0, 0.05) is 16.6 Å². The number of hydrogen-bond acceptors (Lipinski definition) is 0. The largest absolute Gasteiger partial charge is 0.358 e. The van der Waals surface area contributed by atoms with Crippen molar-refractivity contribution in [3.05, 3.63) is 34.5 Å². The van der Waals surface area contributed by atoms with Gasteiger partial charge in [-0.2, -0.15) is 0 Å². The SMILES string of the molecule is Cc1[nH]c2cc(F)c(C)c(F)c2c1C. The van der Waals surface area contributed by atoms with Crippen molar-refractivity contribution in [2.45, 2.75) is 20.8 Å². The minimum absolute atomic E-state index is 0.0830. The molecule has 3 heteroatoms. The van der Waals surface area contributed by atoms with E-state index >= 15 is 0 Å². The number of aromatic nitrogens is 1. The van der Waals surface area contributed by atoms with E-state index in [1.165, 1.54) is 13.0 Å². The molecule has 1 heterocycles. The standard InChI is InChI=1S/C11H11F2N/c1-5-7(3)14-9-4-8(12)6(2)11(13)10(5)9/h4,14H,1-3H3. The van der Waals surface area contributed by atoms with Crippen LogP contribution < -0.4 is 0 Å². The minimum atomic E-state index is -0.503. The topological polar surface area (TPSA) is 15.8 Å². The molecule has 0 atom stereocenters. The van der Waals surface area contributed by atoms with E-state index in [4.69, 9.17) is 0 Å². The highest BCUT2D eigenvalue weighted by Gasteiger charge is 2.14. The van der Waals surface area contributed by atoms with Gasteiger partial charge in [0.2, 0.25) is 0 Å². The second-order valence-electron chi connectivity index (χ2n) is 3.59. The summed E-state index contributed by atoms with van der Waals surface area (Å²) in [5.41, 5.74) is 2.34. The Bertz CT molecular complexity index is 512. The Balaban J connectivity index is 2.99. The summed E-state index contributed by atoms with van der Waals surface area (Å²) in [6, 6.07) is 1.34. The third-order valence-corrected chi connectivity index (χ3v) is 2.71. The molecule has 1 nitrogen and oxygen atoms in total. The lowest BCUT2D eigenvalue weighted by molar-refractivity contribution is 0.576. The summed E-state index contributed by atoms with van der Waals surface area (Å²) >= 11 is 0. The fourth-order valence-electron chi connectivity index (χ4n) is 1.67. The second kappa shape index (κ2) is 2.80. The number of rotatable bonds is 0. The Hall–Kier alpha value is -1.38. The van der Waals surface area contributed by atoms with Crippen molar-refractivity contribution in [3.63, 3.8) is 0 Å². The monoisotopic (exact) mass is 195 g/mol. The molecule has 2 aromatic rings. The first kappa shape index (κ1) is 9.19. The lowest BCUT2D eigenvalue weighted by Gasteiger charge is -2.00. The number of hydrogen-bond donors (Lipinski definition) is 1. The number of benzene rings is 1. The second-order valence-corrected chi connectivity index (χ2v) is 3.59. The summed E-state index contributed by atoms with van der Waals surface area (Å²) < 4.78 is 26.9. The average molecular weight is 195 g/mol. The van der Waals surface area contributed by atoms with E-state index in [0.29, 0.717) is 10.9 Å². The fourth-order valence-corrected chi connectivity index (χ4v) is 1.67. The summed E-state index contributed by atoms with van der Waals surface area (Å²) in [4.78, 5) is 2.96. The first-order chi connectivity index (χ1) is 6.52. The van der Waals surface area contributed by atoms with Crippen LogP contribution in [0.1, 0.15) is 16.8 Å². The van der Waals surface area contributed by atoms with Crippen molar-refractivity contribution < 1.29 is 8.78 Å². The van der Waals surface area contributed by atoms with E-state index in [1.54, 1.807) is 0 Å². The molecule has 1 N–H and O–H groups in total. The van der Waals surface area contributed by atoms with E-state index in [2.05, 4.69) is 4.98 Å². The smallest absolute Gasteiger partial charge is 0.138 e. The molecule has 0 unspecified atom stereocenters. The zero-order chi connectivity index (χ0) is 10.5. The van der Waals surface area contributed by atoms with Crippen molar-refractivity contribution in [1.29, 1.82) is 0 Å². The molecule has 2 rings (SSSR count). The van der Waals surface area contributed by atoms with Crippen molar-refractivity contribution in [2.24, 2.45) is 0 Å². The minimum Gasteiger partial charge on any atom is -0.358 e. The molecule has 0 radical (unpaired) electrons. The Labute approximate surface area is 80.7 Å². The van der Waals surface area contributed by atoms with E-state index in [9.17, 15) is 8.78 Å². The number of nitrogens with one attached hydrogen (secondary N) is 1. The van der Waals surface area contributed by atoms with Gasteiger partial charge in [-0.1, -0.05) is 0 Å². The van der Waals surface area contributed by atoms with E-state index in [-0.39, 0.29) is 5.56 Å².